The smallest absolute Gasteiger partial charge is 0.162 e. The van der Waals surface area contributed by atoms with Crippen molar-refractivity contribution in [2.24, 2.45) is 0 Å². The Morgan fingerprint density at radius 2 is 1.83 bits per heavy atom. The fraction of sp³-hybridized carbons (Fsp3) is 1.00. The fourth-order valence-electron chi connectivity index (χ4n) is 1.02. The van der Waals surface area contributed by atoms with Crippen molar-refractivity contribution in [3.05, 3.63) is 0 Å². The molecule has 0 spiro atoms. The lowest BCUT2D eigenvalue weighted by Gasteiger charge is -2.42. The van der Waals surface area contributed by atoms with Crippen LogP contribution in [0.2, 0.25) is 0 Å². The summed E-state index contributed by atoms with van der Waals surface area (Å²) in [4.78, 5) is 0. The highest BCUT2D eigenvalue weighted by Gasteiger charge is 2.38. The zero-order valence-electron chi connectivity index (χ0n) is 7.89. The number of rotatable bonds is 2. The molecular formula is C8H17NO3. The van der Waals surface area contributed by atoms with Crippen molar-refractivity contribution < 1.29 is 14.6 Å². The molecule has 12 heavy (non-hydrogen) atoms. The molecule has 72 valence electrons. The lowest BCUT2D eigenvalue weighted by Crippen LogP contribution is -2.60. The van der Waals surface area contributed by atoms with Crippen molar-refractivity contribution in [2.45, 2.75) is 25.2 Å². The Hall–Kier alpha value is -0.160. The molecule has 1 heterocycles. The average Bonchev–Trinajstić information content (AvgIpc) is 2.06. The van der Waals surface area contributed by atoms with Crippen molar-refractivity contribution in [1.82, 2.24) is 5.32 Å². The summed E-state index contributed by atoms with van der Waals surface area (Å²) in [6, 6.07) is 0. The molecule has 0 aromatic heterocycles. The highest BCUT2D eigenvalue weighted by atomic mass is 16.7. The predicted molar refractivity (Wildman–Crippen MR) is 44.9 cm³/mol. The van der Waals surface area contributed by atoms with Gasteiger partial charge < -0.3 is 19.9 Å². The predicted octanol–water partition coefficient (Wildman–Crippen LogP) is -0.280. The second kappa shape index (κ2) is 3.30. The van der Waals surface area contributed by atoms with Crippen molar-refractivity contribution in [3.63, 3.8) is 0 Å². The van der Waals surface area contributed by atoms with Gasteiger partial charge in [0.25, 0.3) is 0 Å². The molecule has 0 amide bonds. The third kappa shape index (κ3) is 1.95. The lowest BCUT2D eigenvalue weighted by molar-refractivity contribution is -0.274. The Morgan fingerprint density at radius 1 is 1.33 bits per heavy atom. The fourth-order valence-corrected chi connectivity index (χ4v) is 1.02. The zero-order valence-corrected chi connectivity index (χ0v) is 7.89. The monoisotopic (exact) mass is 175 g/mol. The van der Waals surface area contributed by atoms with E-state index < -0.39 is 11.3 Å². The van der Waals surface area contributed by atoms with E-state index in [4.69, 9.17) is 14.6 Å². The van der Waals surface area contributed by atoms with Crippen molar-refractivity contribution in [2.75, 3.05) is 26.9 Å². The highest BCUT2D eigenvalue weighted by molar-refractivity contribution is 4.89. The molecule has 1 rings (SSSR count). The number of aliphatic hydroxyl groups is 1. The number of aliphatic hydroxyl groups excluding tert-OH is 1. The molecule has 4 heteroatoms. The Labute approximate surface area is 72.9 Å². The number of ether oxygens (including phenoxy) is 2. The van der Waals surface area contributed by atoms with Crippen LogP contribution in [0.3, 0.4) is 0 Å². The van der Waals surface area contributed by atoms with Gasteiger partial charge in [-0.3, -0.25) is 0 Å². The third-order valence-electron chi connectivity index (χ3n) is 2.23. The molecule has 0 unspecified atom stereocenters. The zero-order chi connectivity index (χ0) is 9.24. The van der Waals surface area contributed by atoms with Crippen LogP contribution in [0, 0.1) is 0 Å². The van der Waals surface area contributed by atoms with Crippen LogP contribution < -0.4 is 5.32 Å². The van der Waals surface area contributed by atoms with Gasteiger partial charge in [-0.2, -0.15) is 0 Å². The average molecular weight is 175 g/mol. The van der Waals surface area contributed by atoms with Gasteiger partial charge in [0, 0.05) is 0 Å². The first-order valence-corrected chi connectivity index (χ1v) is 4.11. The summed E-state index contributed by atoms with van der Waals surface area (Å²) in [5.74, 6) is -0.518. The summed E-state index contributed by atoms with van der Waals surface area (Å²) in [5.41, 5.74) is -0.421. The summed E-state index contributed by atoms with van der Waals surface area (Å²) in [5, 5.41) is 12.1. The van der Waals surface area contributed by atoms with E-state index in [1.54, 1.807) is 7.05 Å². The maximum Gasteiger partial charge on any atom is 0.162 e. The summed E-state index contributed by atoms with van der Waals surface area (Å²) in [6.45, 7) is 4.72. The molecule has 0 saturated carbocycles. The maximum atomic E-state index is 9.09. The first-order valence-electron chi connectivity index (χ1n) is 4.11. The minimum absolute atomic E-state index is 0.0274. The van der Waals surface area contributed by atoms with Crippen molar-refractivity contribution in [1.29, 1.82) is 0 Å². The minimum atomic E-state index is -0.518. The molecule has 0 radical (unpaired) electrons. The Bertz CT molecular complexity index is 142. The molecule has 2 N–H and O–H groups in total. The van der Waals surface area contributed by atoms with Gasteiger partial charge in [-0.25, -0.2) is 0 Å². The van der Waals surface area contributed by atoms with Crippen molar-refractivity contribution in [3.8, 4) is 0 Å². The van der Waals surface area contributed by atoms with E-state index in [0.717, 1.165) is 0 Å². The van der Waals surface area contributed by atoms with Crippen LogP contribution in [0.15, 0.2) is 0 Å². The SMILES string of the molecule is CNC1(CO)COC(C)(C)OC1. The third-order valence-corrected chi connectivity index (χ3v) is 2.23. The van der Waals surface area contributed by atoms with Crippen LogP contribution in [-0.2, 0) is 9.47 Å². The van der Waals surface area contributed by atoms with E-state index >= 15 is 0 Å². The largest absolute Gasteiger partial charge is 0.394 e. The van der Waals surface area contributed by atoms with Gasteiger partial charge in [-0.1, -0.05) is 0 Å². The second-order valence-corrected chi connectivity index (χ2v) is 3.67. The Kier molecular flexibility index (Phi) is 2.73. The number of hydrogen-bond acceptors (Lipinski definition) is 4. The summed E-state index contributed by atoms with van der Waals surface area (Å²) >= 11 is 0. The van der Waals surface area contributed by atoms with Gasteiger partial charge in [-0.15, -0.1) is 0 Å². The molecular weight excluding hydrogens is 158 g/mol. The van der Waals surface area contributed by atoms with Gasteiger partial charge in [-0.05, 0) is 20.9 Å². The normalized spacial score (nSPS) is 27.0. The Balaban J connectivity index is 2.53. The van der Waals surface area contributed by atoms with Crippen LogP contribution in [-0.4, -0.2) is 43.3 Å². The van der Waals surface area contributed by atoms with Crippen LogP contribution in [0.1, 0.15) is 13.8 Å². The van der Waals surface area contributed by atoms with Gasteiger partial charge in [0.15, 0.2) is 5.79 Å². The molecule has 4 nitrogen and oxygen atoms in total. The van der Waals surface area contributed by atoms with E-state index in [1.807, 2.05) is 13.8 Å². The highest BCUT2D eigenvalue weighted by Crippen LogP contribution is 2.22. The van der Waals surface area contributed by atoms with Crippen molar-refractivity contribution >= 4 is 0 Å². The molecule has 1 fully saturated rings. The maximum absolute atomic E-state index is 9.09. The molecule has 0 aromatic rings. The second-order valence-electron chi connectivity index (χ2n) is 3.67. The topological polar surface area (TPSA) is 50.7 Å². The van der Waals surface area contributed by atoms with E-state index in [2.05, 4.69) is 5.32 Å². The van der Waals surface area contributed by atoms with Gasteiger partial charge in [0.1, 0.15) is 0 Å². The molecule has 1 saturated heterocycles. The van der Waals surface area contributed by atoms with Crippen LogP contribution in [0.25, 0.3) is 0 Å². The molecule has 0 atom stereocenters. The molecule has 1 aliphatic heterocycles. The van der Waals surface area contributed by atoms with E-state index in [9.17, 15) is 0 Å². The summed E-state index contributed by atoms with van der Waals surface area (Å²) in [7, 11) is 1.79. The number of likely N-dealkylation sites (N-methyl/N-ethyl adjacent to an activating group) is 1. The van der Waals surface area contributed by atoms with Gasteiger partial charge in [0.2, 0.25) is 0 Å². The molecule has 0 aliphatic carbocycles. The van der Waals surface area contributed by atoms with E-state index in [0.29, 0.717) is 13.2 Å². The Morgan fingerprint density at radius 3 is 2.17 bits per heavy atom. The number of nitrogens with one attached hydrogen (secondary N) is 1. The minimum Gasteiger partial charge on any atom is -0.394 e. The van der Waals surface area contributed by atoms with E-state index in [1.165, 1.54) is 0 Å². The molecule has 0 aromatic carbocycles. The first-order chi connectivity index (χ1) is 5.54. The number of hydrogen-bond donors (Lipinski definition) is 2. The summed E-state index contributed by atoms with van der Waals surface area (Å²) < 4.78 is 10.8. The first kappa shape index (κ1) is 9.92. The summed E-state index contributed by atoms with van der Waals surface area (Å²) in [6.07, 6.45) is 0. The van der Waals surface area contributed by atoms with Gasteiger partial charge in [0.05, 0.1) is 25.4 Å². The molecule has 1 aliphatic rings. The van der Waals surface area contributed by atoms with Gasteiger partial charge >= 0.3 is 0 Å². The van der Waals surface area contributed by atoms with Crippen LogP contribution >= 0.6 is 0 Å². The standard InChI is InChI=1S/C8H17NO3/c1-7(2)11-5-8(4-10,9-3)6-12-7/h9-10H,4-6H2,1-3H3. The van der Waals surface area contributed by atoms with E-state index in [-0.39, 0.29) is 6.61 Å². The van der Waals surface area contributed by atoms with Crippen LogP contribution in [0.4, 0.5) is 0 Å². The molecule has 0 bridgehead atoms. The lowest BCUT2D eigenvalue weighted by atomic mass is 10.0. The van der Waals surface area contributed by atoms with Crippen LogP contribution in [0.5, 0.6) is 0 Å². The quantitative estimate of drug-likeness (QED) is 0.606.